The second-order valence-corrected chi connectivity index (χ2v) is 3.92. The zero-order valence-corrected chi connectivity index (χ0v) is 9.39. The number of hydrogen-bond donors (Lipinski definition) is 0. The van der Waals surface area contributed by atoms with Crippen LogP contribution < -0.4 is 5.56 Å². The van der Waals surface area contributed by atoms with Gasteiger partial charge in [-0.15, -0.1) is 0 Å². The molecule has 0 aliphatic heterocycles. The van der Waals surface area contributed by atoms with E-state index in [0.717, 1.165) is 0 Å². The van der Waals surface area contributed by atoms with Gasteiger partial charge in [-0.25, -0.2) is 4.98 Å². The zero-order chi connectivity index (χ0) is 10.0. The third-order valence-corrected chi connectivity index (χ3v) is 2.53. The average Bonchev–Trinajstić information content (AvgIpc) is 2.06. The summed E-state index contributed by atoms with van der Waals surface area (Å²) in [5.74, 6) is 0. The summed E-state index contributed by atoms with van der Waals surface area (Å²) in [6.45, 7) is 5.55. The van der Waals surface area contributed by atoms with Crippen molar-refractivity contribution >= 4 is 27.5 Å². The highest BCUT2D eigenvalue weighted by molar-refractivity contribution is 9.10. The molecular formula is C8H8BrClN2O. The molecule has 0 aliphatic carbocycles. The lowest BCUT2D eigenvalue weighted by molar-refractivity contribution is 0.734. The van der Waals surface area contributed by atoms with Crippen molar-refractivity contribution in [3.63, 3.8) is 0 Å². The molecule has 13 heavy (non-hydrogen) atoms. The summed E-state index contributed by atoms with van der Waals surface area (Å²) in [6, 6.07) is 0. The first-order chi connectivity index (χ1) is 6.02. The van der Waals surface area contributed by atoms with Gasteiger partial charge < -0.3 is 0 Å². The van der Waals surface area contributed by atoms with Gasteiger partial charge in [-0.05, 0) is 22.9 Å². The molecule has 0 aliphatic rings. The molecule has 1 rings (SSSR count). The van der Waals surface area contributed by atoms with Crippen LogP contribution in [0.2, 0.25) is 0 Å². The van der Waals surface area contributed by atoms with E-state index in [9.17, 15) is 4.79 Å². The van der Waals surface area contributed by atoms with Gasteiger partial charge in [0.2, 0.25) is 0 Å². The summed E-state index contributed by atoms with van der Waals surface area (Å²) in [7, 11) is 0. The van der Waals surface area contributed by atoms with Gasteiger partial charge in [0.25, 0.3) is 5.56 Å². The quantitative estimate of drug-likeness (QED) is 0.819. The van der Waals surface area contributed by atoms with Gasteiger partial charge in [-0.3, -0.25) is 9.36 Å². The third-order valence-electron chi connectivity index (χ3n) is 1.50. The number of halogens is 2. The summed E-state index contributed by atoms with van der Waals surface area (Å²) in [4.78, 5) is 15.5. The van der Waals surface area contributed by atoms with Crippen molar-refractivity contribution in [1.82, 2.24) is 9.55 Å². The molecule has 0 amide bonds. The number of aromatic nitrogens is 2. The van der Waals surface area contributed by atoms with Crippen LogP contribution in [-0.2, 0) is 6.54 Å². The Kier molecular flexibility index (Phi) is 3.27. The van der Waals surface area contributed by atoms with Gasteiger partial charge in [0.05, 0.1) is 18.6 Å². The van der Waals surface area contributed by atoms with Crippen molar-refractivity contribution in [3.05, 3.63) is 38.5 Å². The van der Waals surface area contributed by atoms with E-state index in [1.54, 1.807) is 6.92 Å². The van der Waals surface area contributed by atoms with Crippen LogP contribution in [0, 0.1) is 6.92 Å². The van der Waals surface area contributed by atoms with E-state index in [-0.39, 0.29) is 12.1 Å². The van der Waals surface area contributed by atoms with Crippen LogP contribution >= 0.6 is 27.5 Å². The number of rotatable bonds is 2. The Morgan fingerprint density at radius 1 is 1.85 bits per heavy atom. The van der Waals surface area contributed by atoms with Crippen LogP contribution in [0.15, 0.2) is 27.2 Å². The van der Waals surface area contributed by atoms with E-state index in [1.807, 2.05) is 0 Å². The lowest BCUT2D eigenvalue weighted by atomic mass is 10.4. The molecule has 0 N–H and O–H groups in total. The van der Waals surface area contributed by atoms with E-state index in [4.69, 9.17) is 11.6 Å². The van der Waals surface area contributed by atoms with Crippen molar-refractivity contribution in [3.8, 4) is 0 Å². The Morgan fingerprint density at radius 3 is 3.00 bits per heavy atom. The zero-order valence-electron chi connectivity index (χ0n) is 7.05. The van der Waals surface area contributed by atoms with Gasteiger partial charge in [0.1, 0.15) is 4.47 Å². The average molecular weight is 264 g/mol. The highest BCUT2D eigenvalue weighted by Gasteiger charge is 2.04. The number of allylic oxidation sites excluding steroid dienone is 1. The summed E-state index contributed by atoms with van der Waals surface area (Å²) in [5.41, 5.74) is 0.524. The molecule has 70 valence electrons. The lowest BCUT2D eigenvalue weighted by Gasteiger charge is -2.04. The minimum Gasteiger partial charge on any atom is -0.293 e. The molecule has 1 aromatic heterocycles. The van der Waals surface area contributed by atoms with Crippen molar-refractivity contribution in [2.45, 2.75) is 13.5 Å². The highest BCUT2D eigenvalue weighted by Crippen LogP contribution is 2.07. The summed E-state index contributed by atoms with van der Waals surface area (Å²) in [5, 5.41) is 0.402. The molecule has 1 heterocycles. The molecule has 0 radical (unpaired) electrons. The maximum atomic E-state index is 11.5. The Bertz CT molecular complexity index is 400. The molecule has 0 aromatic carbocycles. The maximum Gasteiger partial charge on any atom is 0.268 e. The molecule has 0 saturated carbocycles. The van der Waals surface area contributed by atoms with Crippen LogP contribution in [0.4, 0.5) is 0 Å². The van der Waals surface area contributed by atoms with Crippen molar-refractivity contribution in [2.24, 2.45) is 0 Å². The molecular weight excluding hydrogens is 255 g/mol. The fourth-order valence-electron chi connectivity index (χ4n) is 0.844. The minimum atomic E-state index is -0.144. The van der Waals surface area contributed by atoms with Gasteiger partial charge in [0.15, 0.2) is 0 Å². The highest BCUT2D eigenvalue weighted by atomic mass is 79.9. The van der Waals surface area contributed by atoms with Crippen LogP contribution in [0.3, 0.4) is 0 Å². The first-order valence-electron chi connectivity index (χ1n) is 3.57. The Balaban J connectivity index is 3.19. The number of aryl methyl sites for hydroxylation is 1. The molecule has 1 aromatic rings. The topological polar surface area (TPSA) is 34.9 Å². The van der Waals surface area contributed by atoms with E-state index in [0.29, 0.717) is 15.2 Å². The minimum absolute atomic E-state index is 0.144. The van der Waals surface area contributed by atoms with Crippen LogP contribution in [0.25, 0.3) is 0 Å². The maximum absolute atomic E-state index is 11.5. The molecule has 0 fully saturated rings. The molecule has 0 atom stereocenters. The van der Waals surface area contributed by atoms with E-state index in [2.05, 4.69) is 27.5 Å². The van der Waals surface area contributed by atoms with Gasteiger partial charge in [0, 0.05) is 5.03 Å². The SMILES string of the molecule is C=C(Cl)Cn1cnc(C)c(Br)c1=O. The van der Waals surface area contributed by atoms with Crippen molar-refractivity contribution < 1.29 is 0 Å². The summed E-state index contributed by atoms with van der Waals surface area (Å²) >= 11 is 8.73. The molecule has 0 saturated heterocycles. The first-order valence-corrected chi connectivity index (χ1v) is 4.74. The molecule has 3 nitrogen and oxygen atoms in total. The number of nitrogens with zero attached hydrogens (tertiary/aromatic N) is 2. The van der Waals surface area contributed by atoms with Crippen LogP contribution in [0.5, 0.6) is 0 Å². The second kappa shape index (κ2) is 4.07. The molecule has 0 bridgehead atoms. The third kappa shape index (κ3) is 2.42. The van der Waals surface area contributed by atoms with Crippen LogP contribution in [-0.4, -0.2) is 9.55 Å². The second-order valence-electron chi connectivity index (χ2n) is 2.59. The van der Waals surface area contributed by atoms with E-state index >= 15 is 0 Å². The molecule has 5 heteroatoms. The fraction of sp³-hybridized carbons (Fsp3) is 0.250. The molecule has 0 spiro atoms. The Hall–Kier alpha value is -0.610. The largest absolute Gasteiger partial charge is 0.293 e. The fourth-order valence-corrected chi connectivity index (χ4v) is 1.30. The number of hydrogen-bond acceptors (Lipinski definition) is 2. The smallest absolute Gasteiger partial charge is 0.268 e. The molecule has 0 unspecified atom stereocenters. The Morgan fingerprint density at radius 2 is 2.46 bits per heavy atom. The van der Waals surface area contributed by atoms with Crippen LogP contribution in [0.1, 0.15) is 5.69 Å². The predicted molar refractivity (Wildman–Crippen MR) is 55.9 cm³/mol. The summed E-state index contributed by atoms with van der Waals surface area (Å²) < 4.78 is 1.86. The Labute approximate surface area is 89.2 Å². The van der Waals surface area contributed by atoms with E-state index < -0.39 is 0 Å². The first kappa shape index (κ1) is 10.5. The summed E-state index contributed by atoms with van der Waals surface area (Å²) in [6.07, 6.45) is 1.45. The lowest BCUT2D eigenvalue weighted by Crippen LogP contribution is -2.22. The standard InChI is InChI=1S/C8H8BrClN2O/c1-5(10)3-12-4-11-6(2)7(9)8(12)13/h4H,1,3H2,2H3. The monoisotopic (exact) mass is 262 g/mol. The predicted octanol–water partition coefficient (Wildman–Crippen LogP) is 2.07. The van der Waals surface area contributed by atoms with Crippen molar-refractivity contribution in [1.29, 1.82) is 0 Å². The van der Waals surface area contributed by atoms with Gasteiger partial charge >= 0.3 is 0 Å². The van der Waals surface area contributed by atoms with Crippen molar-refractivity contribution in [2.75, 3.05) is 0 Å². The van der Waals surface area contributed by atoms with Gasteiger partial charge in [-0.1, -0.05) is 18.2 Å². The van der Waals surface area contributed by atoms with Gasteiger partial charge in [-0.2, -0.15) is 0 Å². The van der Waals surface area contributed by atoms with E-state index in [1.165, 1.54) is 10.9 Å². The normalized spacial score (nSPS) is 10.1.